The van der Waals surface area contributed by atoms with E-state index in [2.05, 4.69) is 49.3 Å². The van der Waals surface area contributed by atoms with Crippen LogP contribution in [0.1, 0.15) is 43.7 Å². The first-order valence-corrected chi connectivity index (χ1v) is 12.7. The van der Waals surface area contributed by atoms with Crippen LogP contribution in [0.15, 0.2) is 65.9 Å². The molecule has 2 fully saturated rings. The van der Waals surface area contributed by atoms with E-state index in [0.29, 0.717) is 11.7 Å². The van der Waals surface area contributed by atoms with Gasteiger partial charge in [-0.2, -0.15) is 0 Å². The molecule has 190 valence electrons. The highest BCUT2D eigenvalue weighted by atomic mass is 19.1. The number of rotatable bonds is 8. The van der Waals surface area contributed by atoms with Gasteiger partial charge in [0.1, 0.15) is 5.82 Å². The number of nitrogens with two attached hydrogens (primary N) is 1. The minimum Gasteiger partial charge on any atom is -0.405 e. The molecular weight excluding hydrogens is 453 g/mol. The number of nitrogens with zero attached hydrogens (tertiary/aromatic N) is 5. The van der Waals surface area contributed by atoms with Gasteiger partial charge in [-0.1, -0.05) is 26.0 Å². The highest BCUT2D eigenvalue weighted by molar-refractivity contribution is 6.08. The van der Waals surface area contributed by atoms with Crippen LogP contribution < -0.4 is 16.0 Å². The molecule has 3 heterocycles. The lowest BCUT2D eigenvalue weighted by Crippen LogP contribution is -2.44. The molecule has 2 aliphatic rings. The number of aromatic nitrogens is 2. The third-order valence-electron chi connectivity index (χ3n) is 7.00. The summed E-state index contributed by atoms with van der Waals surface area (Å²) in [6, 6.07) is 5.91. The van der Waals surface area contributed by atoms with Gasteiger partial charge in [-0.15, -0.1) is 5.73 Å². The van der Waals surface area contributed by atoms with Gasteiger partial charge in [-0.25, -0.2) is 14.4 Å². The molecule has 1 atom stereocenters. The molecule has 2 aromatic rings. The third kappa shape index (κ3) is 5.60. The molecule has 1 aromatic heterocycles. The van der Waals surface area contributed by atoms with E-state index in [4.69, 9.17) is 5.73 Å². The summed E-state index contributed by atoms with van der Waals surface area (Å²) >= 11 is 0. The third-order valence-corrected chi connectivity index (χ3v) is 7.00. The molecule has 2 saturated heterocycles. The van der Waals surface area contributed by atoms with Gasteiger partial charge in [-0.3, -0.25) is 4.99 Å². The fourth-order valence-corrected chi connectivity index (χ4v) is 5.16. The van der Waals surface area contributed by atoms with Crippen molar-refractivity contribution in [2.45, 2.75) is 51.1 Å². The van der Waals surface area contributed by atoms with E-state index in [-0.39, 0.29) is 11.9 Å². The fourth-order valence-electron chi connectivity index (χ4n) is 5.16. The Morgan fingerprint density at radius 2 is 2.00 bits per heavy atom. The second kappa shape index (κ2) is 11.9. The summed E-state index contributed by atoms with van der Waals surface area (Å²) in [4.78, 5) is 18.0. The van der Waals surface area contributed by atoms with Gasteiger partial charge in [0.2, 0.25) is 5.95 Å². The second-order valence-electron chi connectivity index (χ2n) is 9.26. The number of halogens is 1. The predicted molar refractivity (Wildman–Crippen MR) is 145 cm³/mol. The van der Waals surface area contributed by atoms with Gasteiger partial charge in [-0.05, 0) is 55.7 Å². The highest BCUT2D eigenvalue weighted by Crippen LogP contribution is 2.31. The molecule has 1 aromatic carbocycles. The highest BCUT2D eigenvalue weighted by Gasteiger charge is 2.34. The Labute approximate surface area is 213 Å². The van der Waals surface area contributed by atoms with E-state index in [9.17, 15) is 4.39 Å². The van der Waals surface area contributed by atoms with Crippen molar-refractivity contribution in [3.05, 3.63) is 77.8 Å². The Bertz CT molecular complexity index is 1140. The number of aliphatic imine (C=N–C) groups is 1. The molecule has 0 amide bonds. The molecule has 0 radical (unpaired) electrons. The first-order chi connectivity index (χ1) is 17.6. The summed E-state index contributed by atoms with van der Waals surface area (Å²) in [5.41, 5.74) is 12.8. The number of hydrogen-bond donors (Lipinski definition) is 2. The lowest BCUT2D eigenvalue weighted by Gasteiger charge is -2.38. The number of nitrogens with one attached hydrogen (secondary N) is 1. The van der Waals surface area contributed by atoms with Crippen LogP contribution in [0, 0.1) is 5.82 Å². The topological polar surface area (TPSA) is 82.7 Å². The van der Waals surface area contributed by atoms with Crippen molar-refractivity contribution in [1.82, 2.24) is 14.9 Å². The van der Waals surface area contributed by atoms with Gasteiger partial charge in [0, 0.05) is 50.7 Å². The van der Waals surface area contributed by atoms with Crippen molar-refractivity contribution in [3.8, 4) is 0 Å². The molecular formula is C28H36FN7. The second-order valence-corrected chi connectivity index (χ2v) is 9.26. The molecule has 4 rings (SSSR count). The first kappa shape index (κ1) is 25.5. The Morgan fingerprint density at radius 1 is 1.25 bits per heavy atom. The van der Waals surface area contributed by atoms with Gasteiger partial charge in [0.05, 0.1) is 23.1 Å². The Morgan fingerprint density at radius 3 is 2.61 bits per heavy atom. The smallest absolute Gasteiger partial charge is 0.225 e. The zero-order valence-corrected chi connectivity index (χ0v) is 21.3. The van der Waals surface area contributed by atoms with Crippen molar-refractivity contribution in [1.29, 1.82) is 0 Å². The lowest BCUT2D eigenvalue weighted by atomic mass is 10.0. The van der Waals surface area contributed by atoms with E-state index >= 15 is 0 Å². The van der Waals surface area contributed by atoms with Gasteiger partial charge in [0.25, 0.3) is 0 Å². The van der Waals surface area contributed by atoms with E-state index in [0.717, 1.165) is 80.2 Å². The van der Waals surface area contributed by atoms with Crippen LogP contribution in [0.25, 0.3) is 0 Å². The van der Waals surface area contributed by atoms with Crippen LogP contribution in [0.2, 0.25) is 0 Å². The number of hydrogen-bond acceptors (Lipinski definition) is 7. The van der Waals surface area contributed by atoms with E-state index < -0.39 is 0 Å². The van der Waals surface area contributed by atoms with Crippen LogP contribution in [0.3, 0.4) is 0 Å². The molecule has 0 bridgehead atoms. The SMILES string of the molecule is C=C=C1[C@@H](Nc2ccc(CCC)cc2F)CCN1C1CCN(c2ncc(C(/C=C\N)=NC)cn2)CC1. The van der Waals surface area contributed by atoms with E-state index in [1.54, 1.807) is 31.6 Å². The molecule has 7 nitrogen and oxygen atoms in total. The predicted octanol–water partition coefficient (Wildman–Crippen LogP) is 4.28. The standard InChI is InChI=1S/C28H36FN7/c1-4-6-20-7-8-25(23(29)17-20)34-26-12-16-36(27(26)5-2)22-10-14-35(15-11-22)28-32-18-21(19-33-28)24(31-3)9-13-30/h7-9,13,17-19,22,26,34H,2,4,6,10-12,14-16,30H2,1,3H3/b13-9-,31-24?/t26-/m0/s1. The largest absolute Gasteiger partial charge is 0.405 e. The number of aryl methyl sites for hydroxylation is 1. The molecule has 0 spiro atoms. The first-order valence-electron chi connectivity index (χ1n) is 12.7. The minimum absolute atomic E-state index is 0.0138. The maximum atomic E-state index is 14.7. The number of benzene rings is 1. The molecule has 36 heavy (non-hydrogen) atoms. The van der Waals surface area contributed by atoms with Crippen LogP contribution in [-0.2, 0) is 6.42 Å². The molecule has 0 unspecified atom stereocenters. The average molecular weight is 490 g/mol. The maximum absolute atomic E-state index is 14.7. The lowest BCUT2D eigenvalue weighted by molar-refractivity contribution is 0.242. The van der Waals surface area contributed by atoms with Gasteiger partial charge < -0.3 is 20.9 Å². The Hall–Kier alpha value is -3.64. The van der Waals surface area contributed by atoms with Gasteiger partial charge in [0.15, 0.2) is 0 Å². The molecule has 0 saturated carbocycles. The van der Waals surface area contributed by atoms with Crippen molar-refractivity contribution in [3.63, 3.8) is 0 Å². The van der Waals surface area contributed by atoms with Crippen LogP contribution in [0.5, 0.6) is 0 Å². The van der Waals surface area contributed by atoms with Crippen LogP contribution in [-0.4, -0.2) is 59.3 Å². The zero-order valence-electron chi connectivity index (χ0n) is 21.3. The summed E-state index contributed by atoms with van der Waals surface area (Å²) in [6.45, 7) is 8.71. The number of piperidine rings is 1. The Balaban J connectivity index is 1.36. The summed E-state index contributed by atoms with van der Waals surface area (Å²) in [5, 5.41) is 3.40. The number of likely N-dealkylation sites (tertiary alicyclic amines) is 1. The fraction of sp³-hybridized carbons (Fsp3) is 0.429. The molecule has 3 N–H and O–H groups in total. The number of allylic oxidation sites excluding steroid dienone is 1. The molecule has 0 aliphatic carbocycles. The Kier molecular flexibility index (Phi) is 8.39. The average Bonchev–Trinajstić information content (AvgIpc) is 3.32. The van der Waals surface area contributed by atoms with Crippen molar-refractivity contribution in [2.75, 3.05) is 36.9 Å². The molecule has 8 heteroatoms. The maximum Gasteiger partial charge on any atom is 0.225 e. The van der Waals surface area contributed by atoms with Gasteiger partial charge >= 0.3 is 0 Å². The molecule has 2 aliphatic heterocycles. The van der Waals surface area contributed by atoms with Crippen molar-refractivity contribution < 1.29 is 4.39 Å². The van der Waals surface area contributed by atoms with Crippen molar-refractivity contribution in [2.24, 2.45) is 10.7 Å². The monoisotopic (exact) mass is 489 g/mol. The minimum atomic E-state index is -0.196. The van der Waals surface area contributed by atoms with Crippen LogP contribution in [0.4, 0.5) is 16.0 Å². The number of anilines is 2. The van der Waals surface area contributed by atoms with Crippen molar-refractivity contribution >= 4 is 17.3 Å². The normalized spacial score (nSPS) is 19.2. The van der Waals surface area contributed by atoms with E-state index in [1.807, 2.05) is 12.1 Å². The summed E-state index contributed by atoms with van der Waals surface area (Å²) in [6.07, 6.45) is 11.6. The van der Waals surface area contributed by atoms with Crippen LogP contribution >= 0.6 is 0 Å². The zero-order chi connectivity index (χ0) is 25.5. The van der Waals surface area contributed by atoms with E-state index in [1.165, 1.54) is 6.20 Å². The summed E-state index contributed by atoms with van der Waals surface area (Å²) in [5.74, 6) is 0.533. The quantitative estimate of drug-likeness (QED) is 0.425. The summed E-state index contributed by atoms with van der Waals surface area (Å²) < 4.78 is 14.7. The summed E-state index contributed by atoms with van der Waals surface area (Å²) in [7, 11) is 1.72.